The topological polar surface area (TPSA) is 84.2 Å². The van der Waals surface area contributed by atoms with Crippen molar-refractivity contribution >= 4 is 21.6 Å². The number of sulfonamides is 1. The fraction of sp³-hybridized carbons (Fsp3) is 0.316. The monoisotopic (exact) mass is 432 g/mol. The molecule has 1 aliphatic heterocycles. The average Bonchev–Trinajstić information content (AvgIpc) is 3.17. The van der Waals surface area contributed by atoms with E-state index in [9.17, 15) is 8.42 Å². The molecule has 1 fully saturated rings. The molecular weight excluding hydrogens is 412 g/mol. The van der Waals surface area contributed by atoms with Crippen molar-refractivity contribution in [1.29, 1.82) is 0 Å². The Labute approximate surface area is 174 Å². The molecule has 29 heavy (non-hydrogen) atoms. The third-order valence-corrected chi connectivity index (χ3v) is 6.99. The van der Waals surface area contributed by atoms with Gasteiger partial charge in [-0.15, -0.1) is 5.10 Å². The van der Waals surface area contributed by atoms with Crippen LogP contribution in [0.2, 0.25) is 5.02 Å². The second-order valence-corrected chi connectivity index (χ2v) is 9.31. The molecule has 152 valence electrons. The Kier molecular flexibility index (Phi) is 5.91. The first-order chi connectivity index (χ1) is 14.0. The molecule has 1 aromatic heterocycles. The highest BCUT2D eigenvalue weighted by atomic mass is 35.5. The molecule has 3 aromatic rings. The molecule has 1 aliphatic rings. The van der Waals surface area contributed by atoms with E-state index in [0.29, 0.717) is 43.6 Å². The van der Waals surface area contributed by atoms with Crippen LogP contribution in [0.5, 0.6) is 0 Å². The summed E-state index contributed by atoms with van der Waals surface area (Å²) in [6.07, 6.45) is 0. The van der Waals surface area contributed by atoms with E-state index in [2.05, 4.69) is 20.4 Å². The van der Waals surface area contributed by atoms with Crippen LogP contribution < -0.4 is 0 Å². The van der Waals surface area contributed by atoms with Crippen molar-refractivity contribution in [2.45, 2.75) is 12.3 Å². The number of hydrogen-bond acceptors (Lipinski definition) is 6. The molecule has 0 amide bonds. The number of rotatable bonds is 6. The predicted octanol–water partition coefficient (Wildman–Crippen LogP) is 1.96. The highest BCUT2D eigenvalue weighted by Gasteiger charge is 2.27. The van der Waals surface area contributed by atoms with Crippen molar-refractivity contribution in [3.8, 4) is 5.69 Å². The smallest absolute Gasteiger partial charge is 0.218 e. The Hall–Kier alpha value is -2.33. The van der Waals surface area contributed by atoms with Crippen molar-refractivity contribution in [2.75, 3.05) is 26.2 Å². The normalized spacial score (nSPS) is 16.2. The lowest BCUT2D eigenvalue weighted by Crippen LogP contribution is -2.48. The van der Waals surface area contributed by atoms with Crippen molar-refractivity contribution in [3.05, 3.63) is 71.0 Å². The second-order valence-electron chi connectivity index (χ2n) is 6.90. The number of piperazine rings is 1. The van der Waals surface area contributed by atoms with Crippen LogP contribution in [-0.2, 0) is 22.3 Å². The largest absolute Gasteiger partial charge is 0.293 e. The summed E-state index contributed by atoms with van der Waals surface area (Å²) in [6.45, 7) is 2.71. The third kappa shape index (κ3) is 4.81. The molecule has 0 aliphatic carbocycles. The minimum atomic E-state index is -3.33. The van der Waals surface area contributed by atoms with Gasteiger partial charge in [-0.05, 0) is 40.3 Å². The average molecular weight is 433 g/mol. The maximum atomic E-state index is 12.7. The lowest BCUT2D eigenvalue weighted by molar-refractivity contribution is 0.177. The van der Waals surface area contributed by atoms with E-state index < -0.39 is 10.0 Å². The van der Waals surface area contributed by atoms with Gasteiger partial charge in [-0.3, -0.25) is 4.90 Å². The van der Waals surface area contributed by atoms with Crippen molar-refractivity contribution in [1.82, 2.24) is 29.4 Å². The van der Waals surface area contributed by atoms with Gasteiger partial charge in [-0.25, -0.2) is 8.42 Å². The standard InChI is InChI=1S/C19H21ClN6O2S/c20-17-6-8-18(9-7-17)26-19(21-22-23-26)14-24-10-12-25(13-11-24)29(27,28)15-16-4-2-1-3-5-16/h1-9H,10-15H2. The number of benzene rings is 2. The molecule has 0 saturated carbocycles. The fourth-order valence-corrected chi connectivity index (χ4v) is 4.97. The van der Waals surface area contributed by atoms with E-state index in [-0.39, 0.29) is 5.75 Å². The maximum Gasteiger partial charge on any atom is 0.218 e. The summed E-state index contributed by atoms with van der Waals surface area (Å²) in [6, 6.07) is 16.6. The van der Waals surface area contributed by atoms with E-state index in [1.807, 2.05) is 42.5 Å². The van der Waals surface area contributed by atoms with Crippen LogP contribution in [0.25, 0.3) is 5.69 Å². The molecule has 0 bridgehead atoms. The van der Waals surface area contributed by atoms with Crippen LogP contribution in [0, 0.1) is 0 Å². The third-order valence-electron chi connectivity index (χ3n) is 4.89. The van der Waals surface area contributed by atoms with Gasteiger partial charge in [0.1, 0.15) is 0 Å². The van der Waals surface area contributed by atoms with Gasteiger partial charge in [-0.1, -0.05) is 41.9 Å². The SMILES string of the molecule is O=S(=O)(Cc1ccccc1)N1CCN(Cc2nnnn2-c2ccc(Cl)cc2)CC1. The minimum Gasteiger partial charge on any atom is -0.293 e. The second kappa shape index (κ2) is 8.58. The van der Waals surface area contributed by atoms with Gasteiger partial charge in [-0.2, -0.15) is 8.99 Å². The minimum absolute atomic E-state index is 0.0304. The summed E-state index contributed by atoms with van der Waals surface area (Å²) < 4.78 is 28.7. The zero-order chi connectivity index (χ0) is 20.3. The first-order valence-electron chi connectivity index (χ1n) is 9.28. The predicted molar refractivity (Wildman–Crippen MR) is 110 cm³/mol. The van der Waals surface area contributed by atoms with Gasteiger partial charge in [0.2, 0.25) is 10.0 Å². The summed E-state index contributed by atoms with van der Waals surface area (Å²) in [7, 11) is -3.33. The number of nitrogens with zero attached hydrogens (tertiary/aromatic N) is 6. The Morgan fingerprint density at radius 2 is 1.62 bits per heavy atom. The molecule has 0 radical (unpaired) electrons. The van der Waals surface area contributed by atoms with E-state index in [4.69, 9.17) is 11.6 Å². The van der Waals surface area contributed by atoms with Gasteiger partial charge in [0.05, 0.1) is 18.0 Å². The fourth-order valence-electron chi connectivity index (χ4n) is 3.33. The maximum absolute atomic E-state index is 12.7. The molecule has 0 unspecified atom stereocenters. The van der Waals surface area contributed by atoms with Crippen molar-refractivity contribution < 1.29 is 8.42 Å². The zero-order valence-corrected chi connectivity index (χ0v) is 17.3. The first kappa shape index (κ1) is 20.0. The van der Waals surface area contributed by atoms with Crippen LogP contribution in [0.15, 0.2) is 54.6 Å². The Balaban J connectivity index is 1.37. The summed E-state index contributed by atoms with van der Waals surface area (Å²) in [4.78, 5) is 2.16. The summed E-state index contributed by atoms with van der Waals surface area (Å²) in [5.74, 6) is 0.732. The first-order valence-corrected chi connectivity index (χ1v) is 11.3. The number of hydrogen-bond donors (Lipinski definition) is 0. The molecule has 0 N–H and O–H groups in total. The van der Waals surface area contributed by atoms with Crippen LogP contribution in [0.3, 0.4) is 0 Å². The number of aromatic nitrogens is 4. The molecule has 10 heteroatoms. The molecular formula is C19H21ClN6O2S. The molecule has 8 nitrogen and oxygen atoms in total. The Bertz CT molecular complexity index is 1050. The van der Waals surface area contributed by atoms with Crippen LogP contribution in [-0.4, -0.2) is 64.0 Å². The van der Waals surface area contributed by atoms with E-state index in [0.717, 1.165) is 11.3 Å². The van der Waals surface area contributed by atoms with Gasteiger partial charge >= 0.3 is 0 Å². The number of halogens is 1. The van der Waals surface area contributed by atoms with Gasteiger partial charge in [0.25, 0.3) is 0 Å². The molecule has 0 atom stereocenters. The molecule has 2 aromatic carbocycles. The lowest BCUT2D eigenvalue weighted by Gasteiger charge is -2.33. The van der Waals surface area contributed by atoms with Crippen LogP contribution >= 0.6 is 11.6 Å². The van der Waals surface area contributed by atoms with Gasteiger partial charge in [0, 0.05) is 31.2 Å². The molecule has 0 spiro atoms. The summed E-state index contributed by atoms with van der Waals surface area (Å²) >= 11 is 5.95. The zero-order valence-electron chi connectivity index (χ0n) is 15.7. The molecule has 2 heterocycles. The van der Waals surface area contributed by atoms with Gasteiger partial charge in [0.15, 0.2) is 5.82 Å². The quantitative estimate of drug-likeness (QED) is 0.592. The Morgan fingerprint density at radius 3 is 2.31 bits per heavy atom. The Morgan fingerprint density at radius 1 is 0.931 bits per heavy atom. The molecule has 4 rings (SSSR count). The van der Waals surface area contributed by atoms with Crippen LogP contribution in [0.1, 0.15) is 11.4 Å². The summed E-state index contributed by atoms with van der Waals surface area (Å²) in [5, 5.41) is 12.6. The van der Waals surface area contributed by atoms with E-state index in [1.54, 1.807) is 21.1 Å². The van der Waals surface area contributed by atoms with Crippen molar-refractivity contribution in [3.63, 3.8) is 0 Å². The lowest BCUT2D eigenvalue weighted by atomic mass is 10.2. The summed E-state index contributed by atoms with van der Waals surface area (Å²) in [5.41, 5.74) is 1.63. The number of tetrazole rings is 1. The van der Waals surface area contributed by atoms with Crippen molar-refractivity contribution in [2.24, 2.45) is 0 Å². The highest BCUT2D eigenvalue weighted by Crippen LogP contribution is 2.17. The highest BCUT2D eigenvalue weighted by molar-refractivity contribution is 7.88. The van der Waals surface area contributed by atoms with Crippen LogP contribution in [0.4, 0.5) is 0 Å². The molecule has 1 saturated heterocycles. The van der Waals surface area contributed by atoms with E-state index >= 15 is 0 Å². The van der Waals surface area contributed by atoms with Gasteiger partial charge < -0.3 is 0 Å². The van der Waals surface area contributed by atoms with E-state index in [1.165, 1.54) is 0 Å².